The molecule has 12 heteroatoms. The van der Waals surface area contributed by atoms with Crippen LogP contribution in [0.5, 0.6) is 0 Å². The summed E-state index contributed by atoms with van der Waals surface area (Å²) in [5.41, 5.74) is 3.54. The second-order valence-corrected chi connectivity index (χ2v) is 12.1. The number of rotatable bonds is 12. The molecule has 238 valence electrons. The van der Waals surface area contributed by atoms with Crippen LogP contribution in [-0.2, 0) is 19.0 Å². The zero-order valence-corrected chi connectivity index (χ0v) is 26.4. The van der Waals surface area contributed by atoms with Gasteiger partial charge in [0.15, 0.2) is 35.1 Å². The number of aromatic nitrogens is 4. The first kappa shape index (κ1) is 30.9. The third-order valence-electron chi connectivity index (χ3n) is 8.05. The van der Waals surface area contributed by atoms with E-state index in [0.29, 0.717) is 42.6 Å². The molecule has 2 aromatic heterocycles. The summed E-state index contributed by atoms with van der Waals surface area (Å²) in [5.74, 6) is 0.0255. The molecule has 4 heterocycles. The number of imidazole rings is 1. The van der Waals surface area contributed by atoms with Crippen molar-refractivity contribution in [2.45, 2.75) is 57.0 Å². The van der Waals surface area contributed by atoms with Crippen molar-refractivity contribution in [3.63, 3.8) is 0 Å². The van der Waals surface area contributed by atoms with Gasteiger partial charge in [0.1, 0.15) is 12.2 Å². The van der Waals surface area contributed by atoms with Gasteiger partial charge in [0.2, 0.25) is 5.95 Å². The minimum absolute atomic E-state index is 0.0766. The van der Waals surface area contributed by atoms with E-state index in [-0.39, 0.29) is 11.8 Å². The van der Waals surface area contributed by atoms with Crippen LogP contribution in [0, 0.1) is 0 Å². The first-order valence-corrected chi connectivity index (χ1v) is 15.5. The fourth-order valence-corrected chi connectivity index (χ4v) is 5.98. The van der Waals surface area contributed by atoms with Gasteiger partial charge in [0, 0.05) is 32.1 Å². The topological polar surface area (TPSA) is 128 Å². The van der Waals surface area contributed by atoms with Gasteiger partial charge in [0.05, 0.1) is 6.33 Å². The molecule has 2 fully saturated rings. The molecule has 2 aromatic carbocycles. The SMILES string of the molecule is CCNC(=O)[C@H]1O[C@@H](n2cnc3c(NCC(c4ccccc4)c4ccccc4)nc(NCCN(C)C)nc32)[C@@H]2OC(C)(C)O[C@@H]21. The number of nitrogens with one attached hydrogen (secondary N) is 3. The Labute approximate surface area is 263 Å². The molecule has 4 aromatic rings. The highest BCUT2D eigenvalue weighted by Gasteiger charge is 2.58. The summed E-state index contributed by atoms with van der Waals surface area (Å²) in [6.07, 6.45) is -0.969. The molecule has 0 aliphatic carbocycles. The normalized spacial score (nSPS) is 22.2. The lowest BCUT2D eigenvalue weighted by Gasteiger charge is -2.24. The molecule has 12 nitrogen and oxygen atoms in total. The number of carbonyl (C=O) groups excluding carboxylic acids is 1. The Balaban J connectivity index is 1.36. The minimum atomic E-state index is -0.872. The fraction of sp³-hybridized carbons (Fsp3) is 0.455. The van der Waals surface area contributed by atoms with Gasteiger partial charge in [-0.2, -0.15) is 9.97 Å². The largest absolute Gasteiger partial charge is 0.367 e. The molecule has 0 saturated carbocycles. The quantitative estimate of drug-likeness (QED) is 0.218. The molecule has 6 rings (SSSR count). The van der Waals surface area contributed by atoms with E-state index in [1.807, 2.05) is 51.6 Å². The Morgan fingerprint density at radius 1 is 0.978 bits per heavy atom. The van der Waals surface area contributed by atoms with Crippen molar-refractivity contribution in [1.82, 2.24) is 29.7 Å². The molecule has 0 spiro atoms. The number of fused-ring (bicyclic) bond motifs is 2. The minimum Gasteiger partial charge on any atom is -0.367 e. The van der Waals surface area contributed by atoms with Crippen LogP contribution in [0.3, 0.4) is 0 Å². The number of nitrogens with zero attached hydrogens (tertiary/aromatic N) is 5. The predicted molar refractivity (Wildman–Crippen MR) is 172 cm³/mol. The average Bonchev–Trinajstić information content (AvgIpc) is 3.68. The molecule has 1 amide bonds. The monoisotopic (exact) mass is 614 g/mol. The van der Waals surface area contributed by atoms with Crippen molar-refractivity contribution in [1.29, 1.82) is 0 Å². The van der Waals surface area contributed by atoms with E-state index in [2.05, 4.69) is 69.4 Å². The van der Waals surface area contributed by atoms with Gasteiger partial charge in [-0.05, 0) is 46.0 Å². The highest BCUT2D eigenvalue weighted by Crippen LogP contribution is 2.44. The van der Waals surface area contributed by atoms with E-state index < -0.39 is 30.3 Å². The van der Waals surface area contributed by atoms with Gasteiger partial charge in [-0.25, -0.2) is 4.98 Å². The molecular weight excluding hydrogens is 572 g/mol. The Kier molecular flexibility index (Phi) is 8.99. The molecule has 0 unspecified atom stereocenters. The van der Waals surface area contributed by atoms with Crippen LogP contribution in [0.4, 0.5) is 11.8 Å². The number of amides is 1. The van der Waals surface area contributed by atoms with E-state index in [1.165, 1.54) is 11.1 Å². The predicted octanol–water partition coefficient (Wildman–Crippen LogP) is 3.60. The number of likely N-dealkylation sites (N-methyl/N-ethyl adjacent to an activating group) is 2. The highest BCUT2D eigenvalue weighted by atomic mass is 16.8. The Bertz CT molecular complexity index is 1560. The molecule has 45 heavy (non-hydrogen) atoms. The summed E-state index contributed by atoms with van der Waals surface area (Å²) >= 11 is 0. The van der Waals surface area contributed by atoms with Gasteiger partial charge in [0.25, 0.3) is 5.91 Å². The molecule has 2 saturated heterocycles. The van der Waals surface area contributed by atoms with Crippen LogP contribution in [0.2, 0.25) is 0 Å². The Morgan fingerprint density at radius 3 is 2.29 bits per heavy atom. The maximum Gasteiger partial charge on any atom is 0.252 e. The first-order chi connectivity index (χ1) is 21.7. The summed E-state index contributed by atoms with van der Waals surface area (Å²) < 4.78 is 20.6. The number of ether oxygens (including phenoxy) is 3. The standard InChI is InChI=1S/C33H42N8O4/c1-6-34-30(42)26-25-27(45-33(2,3)44-25)31(43-26)41-20-37-24-28(38-32(39-29(24)41)35-17-18-40(4)5)36-19-23(21-13-9-7-10-14-21)22-15-11-8-12-16-22/h7-16,20,23,25-27,31H,6,17-19H2,1-5H3,(H,34,42)(H2,35,36,38,39)/t25-,26+,27-,31-/m1/s1. The zero-order chi connectivity index (χ0) is 31.6. The summed E-state index contributed by atoms with van der Waals surface area (Å²) in [6.45, 7) is 8.08. The fourth-order valence-electron chi connectivity index (χ4n) is 5.98. The summed E-state index contributed by atoms with van der Waals surface area (Å²) in [5, 5.41) is 9.82. The van der Waals surface area contributed by atoms with Crippen molar-refractivity contribution in [2.24, 2.45) is 0 Å². The van der Waals surface area contributed by atoms with Gasteiger partial charge in [-0.15, -0.1) is 0 Å². The number of benzene rings is 2. The molecule has 2 aliphatic rings. The Morgan fingerprint density at radius 2 is 1.64 bits per heavy atom. The van der Waals surface area contributed by atoms with Gasteiger partial charge >= 0.3 is 0 Å². The Hall–Kier alpha value is -4.10. The van der Waals surface area contributed by atoms with Crippen LogP contribution < -0.4 is 16.0 Å². The van der Waals surface area contributed by atoms with Crippen molar-refractivity contribution in [2.75, 3.05) is 50.9 Å². The molecular formula is C33H42N8O4. The van der Waals surface area contributed by atoms with Gasteiger partial charge < -0.3 is 35.1 Å². The third kappa shape index (κ3) is 6.64. The van der Waals surface area contributed by atoms with Crippen LogP contribution in [0.1, 0.15) is 44.0 Å². The maximum atomic E-state index is 13.0. The average molecular weight is 615 g/mol. The lowest BCUT2D eigenvalue weighted by atomic mass is 9.91. The molecule has 0 radical (unpaired) electrons. The smallest absolute Gasteiger partial charge is 0.252 e. The molecule has 4 atom stereocenters. The second-order valence-electron chi connectivity index (χ2n) is 12.1. The molecule has 2 aliphatic heterocycles. The lowest BCUT2D eigenvalue weighted by molar-refractivity contribution is -0.197. The maximum absolute atomic E-state index is 13.0. The summed E-state index contributed by atoms with van der Waals surface area (Å²) in [4.78, 5) is 29.6. The van der Waals surface area contributed by atoms with Crippen molar-refractivity contribution in [3.8, 4) is 0 Å². The van der Waals surface area contributed by atoms with Crippen LogP contribution in [0.15, 0.2) is 67.0 Å². The van der Waals surface area contributed by atoms with E-state index in [4.69, 9.17) is 29.2 Å². The van der Waals surface area contributed by atoms with Gasteiger partial charge in [-0.1, -0.05) is 60.7 Å². The molecule has 0 bridgehead atoms. The third-order valence-corrected chi connectivity index (χ3v) is 8.05. The van der Waals surface area contributed by atoms with Crippen LogP contribution >= 0.6 is 0 Å². The van der Waals surface area contributed by atoms with E-state index >= 15 is 0 Å². The lowest BCUT2D eigenvalue weighted by Crippen LogP contribution is -2.42. The van der Waals surface area contributed by atoms with Crippen LogP contribution in [0.25, 0.3) is 11.2 Å². The zero-order valence-electron chi connectivity index (χ0n) is 26.4. The number of carbonyl (C=O) groups is 1. The summed E-state index contributed by atoms with van der Waals surface area (Å²) in [6, 6.07) is 20.8. The van der Waals surface area contributed by atoms with Gasteiger partial charge in [-0.3, -0.25) is 9.36 Å². The first-order valence-electron chi connectivity index (χ1n) is 15.5. The highest BCUT2D eigenvalue weighted by molar-refractivity contribution is 5.85. The number of hydrogen-bond donors (Lipinski definition) is 3. The van der Waals surface area contributed by atoms with E-state index in [0.717, 1.165) is 6.54 Å². The van der Waals surface area contributed by atoms with Crippen molar-refractivity contribution < 1.29 is 19.0 Å². The summed E-state index contributed by atoms with van der Waals surface area (Å²) in [7, 11) is 4.04. The van der Waals surface area contributed by atoms with Crippen molar-refractivity contribution >= 4 is 28.8 Å². The van der Waals surface area contributed by atoms with Crippen LogP contribution in [-0.4, -0.2) is 94.7 Å². The number of anilines is 2. The van der Waals surface area contributed by atoms with E-state index in [9.17, 15) is 4.79 Å². The second kappa shape index (κ2) is 13.1. The van der Waals surface area contributed by atoms with Crippen molar-refractivity contribution in [3.05, 3.63) is 78.1 Å². The number of hydrogen-bond acceptors (Lipinski definition) is 10. The van der Waals surface area contributed by atoms with E-state index in [1.54, 1.807) is 6.33 Å². The molecule has 3 N–H and O–H groups in total.